The van der Waals surface area contributed by atoms with Crippen LogP contribution in [0.15, 0.2) is 18.2 Å². The highest BCUT2D eigenvalue weighted by molar-refractivity contribution is 6.01. The maximum atomic E-state index is 14.7. The number of anilines is 2. The van der Waals surface area contributed by atoms with Crippen molar-refractivity contribution in [3.8, 4) is 0 Å². The predicted octanol–water partition coefficient (Wildman–Crippen LogP) is 1.04. The van der Waals surface area contributed by atoms with Crippen molar-refractivity contribution in [3.63, 3.8) is 0 Å². The molecule has 3 heterocycles. The maximum Gasteiger partial charge on any atom is 0.404 e. The Hall–Kier alpha value is -2.88. The van der Waals surface area contributed by atoms with Crippen LogP contribution in [-0.2, 0) is 14.3 Å². The number of hydrogen-bond donors (Lipinski definition) is 3. The number of primary amides is 1. The second kappa shape index (κ2) is 9.09. The van der Waals surface area contributed by atoms with Gasteiger partial charge in [-0.25, -0.2) is 9.18 Å². The Morgan fingerprint density at radius 3 is 2.61 bits per heavy atom. The molecule has 10 heteroatoms. The molecule has 1 unspecified atom stereocenters. The maximum absolute atomic E-state index is 14.7. The first-order valence-corrected chi connectivity index (χ1v) is 10.7. The summed E-state index contributed by atoms with van der Waals surface area (Å²) in [6.45, 7) is 4.24. The Balaban J connectivity index is 1.23. The molecule has 3 amide bonds. The van der Waals surface area contributed by atoms with E-state index in [0.717, 1.165) is 45.6 Å². The van der Waals surface area contributed by atoms with Crippen molar-refractivity contribution >= 4 is 29.3 Å². The number of carbonyl (C=O) groups excluding carboxylic acids is 3. The molecule has 1 atom stereocenters. The first kappa shape index (κ1) is 21.4. The summed E-state index contributed by atoms with van der Waals surface area (Å²) in [7, 11) is 0. The van der Waals surface area contributed by atoms with Crippen LogP contribution in [-0.4, -0.2) is 67.7 Å². The van der Waals surface area contributed by atoms with Gasteiger partial charge in [0, 0.05) is 50.7 Å². The number of nitrogens with two attached hydrogens (primary N) is 1. The third kappa shape index (κ3) is 5.25. The lowest BCUT2D eigenvalue weighted by Crippen LogP contribution is -2.53. The summed E-state index contributed by atoms with van der Waals surface area (Å²) in [4.78, 5) is 38.3. The van der Waals surface area contributed by atoms with Crippen molar-refractivity contribution in [1.82, 2.24) is 10.2 Å². The van der Waals surface area contributed by atoms with Crippen LogP contribution in [0.25, 0.3) is 0 Å². The minimum atomic E-state index is -0.714. The number of imide groups is 1. The second-order valence-corrected chi connectivity index (χ2v) is 8.52. The molecule has 4 rings (SSSR count). The number of benzene rings is 1. The minimum Gasteiger partial charge on any atom is -0.446 e. The lowest BCUT2D eigenvalue weighted by Gasteiger charge is -2.44. The van der Waals surface area contributed by atoms with Crippen LogP contribution in [0.3, 0.4) is 0 Å². The molecule has 1 aromatic carbocycles. The summed E-state index contributed by atoms with van der Waals surface area (Å²) in [6, 6.07) is 4.36. The summed E-state index contributed by atoms with van der Waals surface area (Å²) >= 11 is 0. The molecule has 4 N–H and O–H groups in total. The smallest absolute Gasteiger partial charge is 0.404 e. The third-order valence-electron chi connectivity index (χ3n) is 6.16. The molecule has 9 nitrogen and oxygen atoms in total. The predicted molar refractivity (Wildman–Crippen MR) is 112 cm³/mol. The first-order chi connectivity index (χ1) is 14.9. The fraction of sp³-hybridized carbons (Fsp3) is 0.571. The number of amides is 3. The van der Waals surface area contributed by atoms with Crippen LogP contribution >= 0.6 is 0 Å². The van der Waals surface area contributed by atoms with Gasteiger partial charge in [0.15, 0.2) is 0 Å². The van der Waals surface area contributed by atoms with Gasteiger partial charge >= 0.3 is 6.09 Å². The number of ether oxygens (including phenoxy) is 1. The van der Waals surface area contributed by atoms with E-state index >= 15 is 0 Å². The fourth-order valence-electron chi connectivity index (χ4n) is 4.51. The number of piperidine rings is 2. The molecule has 0 aliphatic carbocycles. The van der Waals surface area contributed by atoms with Crippen LogP contribution in [0, 0.1) is 11.7 Å². The summed E-state index contributed by atoms with van der Waals surface area (Å²) < 4.78 is 19.7. The van der Waals surface area contributed by atoms with Gasteiger partial charge in [0.1, 0.15) is 18.0 Å². The molecule has 3 aliphatic heterocycles. The topological polar surface area (TPSA) is 117 Å². The largest absolute Gasteiger partial charge is 0.446 e. The van der Waals surface area contributed by atoms with Crippen molar-refractivity contribution in [1.29, 1.82) is 0 Å². The third-order valence-corrected chi connectivity index (χ3v) is 6.16. The van der Waals surface area contributed by atoms with Gasteiger partial charge in [-0.05, 0) is 37.5 Å². The molecule has 31 heavy (non-hydrogen) atoms. The zero-order valence-corrected chi connectivity index (χ0v) is 17.3. The van der Waals surface area contributed by atoms with E-state index in [4.69, 9.17) is 10.5 Å². The quantitative estimate of drug-likeness (QED) is 0.574. The zero-order valence-electron chi connectivity index (χ0n) is 17.3. The van der Waals surface area contributed by atoms with E-state index < -0.39 is 12.1 Å². The van der Waals surface area contributed by atoms with Gasteiger partial charge in [-0.1, -0.05) is 0 Å². The van der Waals surface area contributed by atoms with Crippen molar-refractivity contribution < 1.29 is 23.5 Å². The van der Waals surface area contributed by atoms with Crippen LogP contribution in [0.2, 0.25) is 0 Å². The molecule has 0 saturated carbocycles. The van der Waals surface area contributed by atoms with Crippen LogP contribution in [0.1, 0.15) is 25.7 Å². The number of hydrogen-bond acceptors (Lipinski definition) is 7. The lowest BCUT2D eigenvalue weighted by molar-refractivity contribution is -0.133. The van der Waals surface area contributed by atoms with Crippen LogP contribution < -0.4 is 21.3 Å². The van der Waals surface area contributed by atoms with Crippen molar-refractivity contribution in [2.45, 2.75) is 37.8 Å². The second-order valence-electron chi connectivity index (χ2n) is 8.52. The van der Waals surface area contributed by atoms with Gasteiger partial charge in [-0.15, -0.1) is 0 Å². The fourth-order valence-corrected chi connectivity index (χ4v) is 4.51. The number of nitrogens with zero attached hydrogens (tertiary/aromatic N) is 2. The monoisotopic (exact) mass is 433 g/mol. The van der Waals surface area contributed by atoms with E-state index in [-0.39, 0.29) is 30.2 Å². The molecule has 0 radical (unpaired) electrons. The Morgan fingerprint density at radius 1 is 1.23 bits per heavy atom. The first-order valence-electron chi connectivity index (χ1n) is 10.7. The highest BCUT2D eigenvalue weighted by atomic mass is 19.1. The molecule has 1 aromatic rings. The Morgan fingerprint density at radius 2 is 1.97 bits per heavy atom. The highest BCUT2D eigenvalue weighted by Crippen LogP contribution is 2.30. The Labute approximate surface area is 180 Å². The SMILES string of the molecule is NC(=O)OC1CCN(CC2CN(c3ccc(NC4CCC(=O)NC4=O)cc3F)C2)CC1. The summed E-state index contributed by atoms with van der Waals surface area (Å²) in [5, 5.41) is 5.29. The molecule has 0 bridgehead atoms. The summed E-state index contributed by atoms with van der Waals surface area (Å²) in [5.41, 5.74) is 6.15. The number of nitrogens with one attached hydrogen (secondary N) is 2. The van der Waals surface area contributed by atoms with Gasteiger partial charge in [-0.2, -0.15) is 0 Å². The number of likely N-dealkylation sites (tertiary alicyclic amines) is 1. The molecule has 3 saturated heterocycles. The van der Waals surface area contributed by atoms with Gasteiger partial charge in [0.25, 0.3) is 0 Å². The highest BCUT2D eigenvalue weighted by Gasteiger charge is 2.32. The van der Waals surface area contributed by atoms with E-state index in [0.29, 0.717) is 23.7 Å². The minimum absolute atomic E-state index is 0.0898. The van der Waals surface area contributed by atoms with Gasteiger partial charge in [0.2, 0.25) is 11.8 Å². The summed E-state index contributed by atoms with van der Waals surface area (Å²) in [6.07, 6.45) is 1.44. The number of carbonyl (C=O) groups is 3. The number of rotatable bonds is 6. The molecular formula is C21H28FN5O4. The van der Waals surface area contributed by atoms with Crippen molar-refractivity contribution in [2.24, 2.45) is 11.7 Å². The zero-order chi connectivity index (χ0) is 22.0. The van der Waals surface area contributed by atoms with Gasteiger partial charge < -0.3 is 25.6 Å². The van der Waals surface area contributed by atoms with E-state index in [9.17, 15) is 18.8 Å². The van der Waals surface area contributed by atoms with Crippen LogP contribution in [0.5, 0.6) is 0 Å². The molecule has 168 valence electrons. The number of halogens is 1. The molecule has 0 aromatic heterocycles. The Bertz CT molecular complexity index is 852. The lowest BCUT2D eigenvalue weighted by atomic mass is 9.96. The molecule has 3 aliphatic rings. The molecule has 3 fully saturated rings. The normalized spacial score (nSPS) is 23.3. The van der Waals surface area contributed by atoms with Crippen molar-refractivity contribution in [3.05, 3.63) is 24.0 Å². The average molecular weight is 433 g/mol. The summed E-state index contributed by atoms with van der Waals surface area (Å²) in [5.74, 6) is -0.522. The molecular weight excluding hydrogens is 405 g/mol. The van der Waals surface area contributed by atoms with Gasteiger partial charge in [-0.3, -0.25) is 14.9 Å². The van der Waals surface area contributed by atoms with E-state index in [1.54, 1.807) is 12.1 Å². The molecule has 0 spiro atoms. The van der Waals surface area contributed by atoms with E-state index in [1.165, 1.54) is 6.07 Å². The Kier molecular flexibility index (Phi) is 6.26. The average Bonchev–Trinajstić information content (AvgIpc) is 2.68. The van der Waals surface area contributed by atoms with E-state index in [2.05, 4.69) is 15.5 Å². The van der Waals surface area contributed by atoms with Gasteiger partial charge in [0.05, 0.1) is 5.69 Å². The van der Waals surface area contributed by atoms with Crippen molar-refractivity contribution in [2.75, 3.05) is 42.9 Å². The standard InChI is InChI=1S/C21H28FN5O4/c22-16-9-14(24-17-2-4-19(28)25-20(17)29)1-3-18(16)27-11-13(12-27)10-26-7-5-15(6-8-26)31-21(23)30/h1,3,9,13,15,17,24H,2,4-8,10-12H2,(H2,23,30)(H,25,28,29). The van der Waals surface area contributed by atoms with Crippen LogP contribution in [0.4, 0.5) is 20.6 Å². The van der Waals surface area contributed by atoms with E-state index in [1.807, 2.05) is 4.90 Å².